The fraction of sp³-hybridized carbons (Fsp3) is 0.316. The van der Waals surface area contributed by atoms with E-state index in [4.69, 9.17) is 4.74 Å². The van der Waals surface area contributed by atoms with Crippen LogP contribution in [0.25, 0.3) is 0 Å². The summed E-state index contributed by atoms with van der Waals surface area (Å²) in [6.07, 6.45) is 3.31. The molecule has 0 fully saturated rings. The third-order valence-corrected chi connectivity index (χ3v) is 5.03. The number of rotatable bonds is 5. The van der Waals surface area contributed by atoms with Crippen molar-refractivity contribution >= 4 is 29.1 Å². The number of carbonyl (C=O) groups excluding carboxylic acids is 2. The molecule has 2 amide bonds. The van der Waals surface area contributed by atoms with Crippen LogP contribution in [0.1, 0.15) is 42.6 Å². The first kappa shape index (κ1) is 19.3. The molecule has 0 saturated heterocycles. The maximum Gasteiger partial charge on any atom is 0.414 e. The van der Waals surface area contributed by atoms with E-state index in [2.05, 4.69) is 10.3 Å². The number of hydrogen-bond acceptors (Lipinski definition) is 6. The van der Waals surface area contributed by atoms with Crippen molar-refractivity contribution in [3.63, 3.8) is 0 Å². The lowest BCUT2D eigenvalue weighted by Gasteiger charge is -2.40. The number of nitro benzene ring substituents is 1. The molecule has 1 N–H and O–H groups in total. The van der Waals surface area contributed by atoms with Crippen LogP contribution >= 0.6 is 0 Å². The van der Waals surface area contributed by atoms with Crippen molar-refractivity contribution in [2.24, 2.45) is 0 Å². The molecule has 1 aromatic carbocycles. The number of anilines is 2. The number of nitrogens with zero attached hydrogens (tertiary/aromatic N) is 3. The lowest BCUT2D eigenvalue weighted by atomic mass is 9.85. The number of carbonyl (C=O) groups is 2. The minimum Gasteiger partial charge on any atom is -0.438 e. The lowest BCUT2D eigenvalue weighted by Crippen LogP contribution is -2.44. The molecule has 0 spiro atoms. The summed E-state index contributed by atoms with van der Waals surface area (Å²) in [7, 11) is 1.49. The first-order valence-corrected chi connectivity index (χ1v) is 8.84. The van der Waals surface area contributed by atoms with Gasteiger partial charge < -0.3 is 10.1 Å². The Balaban J connectivity index is 2.14. The number of cyclic esters (lactones) is 1. The predicted octanol–water partition coefficient (Wildman–Crippen LogP) is 3.84. The first-order valence-electron chi connectivity index (χ1n) is 8.84. The van der Waals surface area contributed by atoms with Gasteiger partial charge >= 0.3 is 6.09 Å². The van der Waals surface area contributed by atoms with Gasteiger partial charge in [-0.25, -0.2) is 4.79 Å². The summed E-state index contributed by atoms with van der Waals surface area (Å²) in [4.78, 5) is 40.9. The average Bonchev–Trinajstić information content (AvgIpc) is 2.71. The molecule has 1 aliphatic rings. The Hall–Kier alpha value is -3.49. The maximum atomic E-state index is 12.5. The molecule has 2 aromatic rings. The Labute approximate surface area is 161 Å². The molecule has 0 unspecified atom stereocenters. The molecule has 0 radical (unpaired) electrons. The third-order valence-electron chi connectivity index (χ3n) is 5.03. The second-order valence-corrected chi connectivity index (χ2v) is 6.47. The zero-order chi connectivity index (χ0) is 20.5. The Morgan fingerprint density at radius 2 is 2.07 bits per heavy atom. The van der Waals surface area contributed by atoms with Crippen molar-refractivity contribution in [2.75, 3.05) is 17.3 Å². The zero-order valence-electron chi connectivity index (χ0n) is 15.8. The number of amides is 2. The second kappa shape index (κ2) is 7.26. The summed E-state index contributed by atoms with van der Waals surface area (Å²) >= 11 is 0. The highest BCUT2D eigenvalue weighted by molar-refractivity contribution is 6.06. The molecular weight excluding hydrogens is 364 g/mol. The largest absolute Gasteiger partial charge is 0.438 e. The van der Waals surface area contributed by atoms with Gasteiger partial charge in [-0.1, -0.05) is 13.8 Å². The molecule has 9 heteroatoms. The molecule has 28 heavy (non-hydrogen) atoms. The van der Waals surface area contributed by atoms with Crippen LogP contribution in [0.15, 0.2) is 36.7 Å². The van der Waals surface area contributed by atoms with E-state index in [1.165, 1.54) is 36.5 Å². The van der Waals surface area contributed by atoms with Gasteiger partial charge in [-0.05, 0) is 31.0 Å². The normalized spacial score (nSPS) is 14.8. The molecule has 146 valence electrons. The van der Waals surface area contributed by atoms with E-state index in [9.17, 15) is 19.7 Å². The van der Waals surface area contributed by atoms with Crippen LogP contribution in [-0.2, 0) is 10.3 Å². The number of nitrogens with one attached hydrogen (secondary N) is 1. The Bertz CT molecular complexity index is 941. The molecule has 3 rings (SSSR count). The molecular formula is C19H20N4O5. The average molecular weight is 384 g/mol. The topological polar surface area (TPSA) is 115 Å². The number of hydrogen-bond donors (Lipinski definition) is 1. The molecule has 1 aliphatic heterocycles. The van der Waals surface area contributed by atoms with Crippen LogP contribution in [0, 0.1) is 10.1 Å². The fourth-order valence-electron chi connectivity index (χ4n) is 3.33. The Morgan fingerprint density at radius 1 is 1.36 bits per heavy atom. The first-order chi connectivity index (χ1) is 13.3. The monoisotopic (exact) mass is 384 g/mol. The van der Waals surface area contributed by atoms with Gasteiger partial charge in [-0.15, -0.1) is 0 Å². The van der Waals surface area contributed by atoms with Gasteiger partial charge in [0.2, 0.25) is 0 Å². The van der Waals surface area contributed by atoms with Gasteiger partial charge in [0, 0.05) is 31.1 Å². The number of nitro groups is 1. The fourth-order valence-corrected chi connectivity index (χ4v) is 3.33. The van der Waals surface area contributed by atoms with Gasteiger partial charge in [-0.2, -0.15) is 0 Å². The van der Waals surface area contributed by atoms with Crippen molar-refractivity contribution < 1.29 is 19.2 Å². The minimum absolute atomic E-state index is 0.0372. The number of aromatic nitrogens is 1. The van der Waals surface area contributed by atoms with E-state index < -0.39 is 22.5 Å². The molecule has 0 bridgehead atoms. The molecule has 0 aliphatic carbocycles. The summed E-state index contributed by atoms with van der Waals surface area (Å²) in [6.45, 7) is 3.75. The van der Waals surface area contributed by atoms with Crippen LogP contribution in [0.3, 0.4) is 0 Å². The van der Waals surface area contributed by atoms with E-state index in [0.29, 0.717) is 24.1 Å². The van der Waals surface area contributed by atoms with Crippen molar-refractivity contribution in [1.29, 1.82) is 0 Å². The third kappa shape index (κ3) is 3.15. The molecule has 2 heterocycles. The predicted molar refractivity (Wildman–Crippen MR) is 102 cm³/mol. The van der Waals surface area contributed by atoms with Gasteiger partial charge in [0.25, 0.3) is 11.6 Å². The van der Waals surface area contributed by atoms with E-state index in [-0.39, 0.29) is 16.9 Å². The summed E-state index contributed by atoms with van der Waals surface area (Å²) in [5.74, 6) is -0.518. The highest BCUT2D eigenvalue weighted by atomic mass is 16.6. The lowest BCUT2D eigenvalue weighted by molar-refractivity contribution is -0.383. The number of pyridine rings is 1. The molecule has 9 nitrogen and oxygen atoms in total. The van der Waals surface area contributed by atoms with Crippen LogP contribution in [0.4, 0.5) is 21.9 Å². The Morgan fingerprint density at radius 3 is 2.64 bits per heavy atom. The van der Waals surface area contributed by atoms with Gasteiger partial charge in [0.1, 0.15) is 11.3 Å². The Kier molecular flexibility index (Phi) is 5.00. The van der Waals surface area contributed by atoms with Crippen LogP contribution in [-0.4, -0.2) is 29.0 Å². The van der Waals surface area contributed by atoms with Crippen LogP contribution in [0.5, 0.6) is 0 Å². The number of fused-ring (bicyclic) bond motifs is 1. The highest BCUT2D eigenvalue weighted by Gasteiger charge is 2.43. The van der Waals surface area contributed by atoms with E-state index in [0.717, 1.165) is 0 Å². The van der Waals surface area contributed by atoms with Gasteiger partial charge in [0.05, 0.1) is 16.2 Å². The standard InChI is InChI=1S/C19H20N4O5/c1-4-19(5-2)13-9-14(21-17(24)12-7-6-8-20-11-12)16(23(26)27)10-15(13)22(3)18(25)28-19/h6-11H,4-5H2,1-3H3,(H,21,24). The quantitative estimate of drug-likeness (QED) is 0.619. The zero-order valence-corrected chi connectivity index (χ0v) is 15.8. The minimum atomic E-state index is -0.915. The SMILES string of the molecule is CCC1(CC)OC(=O)N(C)c2cc([N+](=O)[O-])c(NC(=O)c3cccnc3)cc21. The highest BCUT2D eigenvalue weighted by Crippen LogP contribution is 2.46. The molecule has 1 aromatic heterocycles. The van der Waals surface area contributed by atoms with Crippen molar-refractivity contribution in [3.8, 4) is 0 Å². The summed E-state index contributed by atoms with van der Waals surface area (Å²) in [5, 5.41) is 14.2. The van der Waals surface area contributed by atoms with Crippen molar-refractivity contribution in [2.45, 2.75) is 32.3 Å². The van der Waals surface area contributed by atoms with Gasteiger partial charge in [0.15, 0.2) is 0 Å². The van der Waals surface area contributed by atoms with E-state index in [1.54, 1.807) is 12.1 Å². The van der Waals surface area contributed by atoms with Gasteiger partial charge in [-0.3, -0.25) is 24.8 Å². The molecule has 0 atom stereocenters. The number of ether oxygens (including phenoxy) is 1. The summed E-state index contributed by atoms with van der Waals surface area (Å²) in [5.41, 5.74) is 0.101. The van der Waals surface area contributed by atoms with E-state index in [1.807, 2.05) is 13.8 Å². The van der Waals surface area contributed by atoms with E-state index >= 15 is 0 Å². The maximum absolute atomic E-state index is 12.5. The second-order valence-electron chi connectivity index (χ2n) is 6.47. The van der Waals surface area contributed by atoms with Crippen LogP contribution < -0.4 is 10.2 Å². The van der Waals surface area contributed by atoms with Crippen molar-refractivity contribution in [3.05, 3.63) is 57.9 Å². The number of benzene rings is 1. The summed E-state index contributed by atoms with van der Waals surface area (Å²) in [6, 6.07) is 5.99. The van der Waals surface area contributed by atoms with Crippen LogP contribution in [0.2, 0.25) is 0 Å². The molecule has 0 saturated carbocycles. The summed E-state index contributed by atoms with van der Waals surface area (Å²) < 4.78 is 5.65. The van der Waals surface area contributed by atoms with Crippen molar-refractivity contribution in [1.82, 2.24) is 4.98 Å². The smallest absolute Gasteiger partial charge is 0.414 e.